The second-order valence-electron chi connectivity index (χ2n) is 14.7. The summed E-state index contributed by atoms with van der Waals surface area (Å²) in [6.45, 7) is 3.57. The van der Waals surface area contributed by atoms with Gasteiger partial charge in [0.1, 0.15) is 0 Å². The first-order valence-corrected chi connectivity index (χ1v) is 19.8. The molecule has 2 saturated heterocycles. The number of nitrogens with one attached hydrogen (secondary N) is 2. The molecule has 2 aliphatic rings. The van der Waals surface area contributed by atoms with E-state index in [1.807, 2.05) is 36.4 Å². The first kappa shape index (κ1) is 39.2. The van der Waals surface area contributed by atoms with E-state index in [2.05, 4.69) is 64.1 Å². The van der Waals surface area contributed by atoms with Gasteiger partial charge in [-0.25, -0.2) is 0 Å². The third-order valence-corrected chi connectivity index (χ3v) is 10.5. The van der Waals surface area contributed by atoms with Crippen molar-refractivity contribution in [1.29, 1.82) is 0 Å². The van der Waals surface area contributed by atoms with Crippen LogP contribution in [0.5, 0.6) is 0 Å². The van der Waals surface area contributed by atoms with Gasteiger partial charge in [0.25, 0.3) is 0 Å². The number of anilines is 2. The Hall–Kier alpha value is -4.54. The molecule has 0 aromatic heterocycles. The number of benzene rings is 4. The highest BCUT2D eigenvalue weighted by molar-refractivity contribution is 5.93. The lowest BCUT2D eigenvalue weighted by atomic mass is 9.98. The molecular weight excluding hydrogens is 677 g/mol. The van der Waals surface area contributed by atoms with E-state index >= 15 is 0 Å². The van der Waals surface area contributed by atoms with Gasteiger partial charge < -0.3 is 35.8 Å². The molecule has 0 radical (unpaired) electrons. The number of unbranched alkanes of at least 4 members (excludes halogenated alkanes) is 2. The first-order chi connectivity index (χ1) is 26.4. The van der Waals surface area contributed by atoms with Crippen LogP contribution in [0, 0.1) is 0 Å². The fourth-order valence-electron chi connectivity index (χ4n) is 7.40. The molecule has 0 saturated carbocycles. The standard InChI is InChI=1S/C45H56N4O5/c46-40-17-7-8-18-41(40)48-44(52)20-6-4-5-19-43(51)47-30-34-13-11-14-36(27-34)37-15-12-16-38(28-37)45-53-39(31-49-25-9-2-1-3-10-26-49)29-42(54-45)35-23-21-33(32-50)22-24-35/h7-8,11-18,21-24,27-28,39,42,45,50H,1-6,9-10,19-20,25-26,29-32,46H2,(H,47,51)(H,48,52)/t39-,42+,45+/m1/s1. The van der Waals surface area contributed by atoms with Crippen LogP contribution in [0.2, 0.25) is 0 Å². The van der Waals surface area contributed by atoms with Crippen molar-refractivity contribution in [2.45, 2.75) is 102 Å². The van der Waals surface area contributed by atoms with Crippen molar-refractivity contribution in [3.8, 4) is 11.1 Å². The number of hydrogen-bond acceptors (Lipinski definition) is 7. The molecule has 286 valence electrons. The lowest BCUT2D eigenvalue weighted by molar-refractivity contribution is -0.253. The van der Waals surface area contributed by atoms with Crippen molar-refractivity contribution in [2.75, 3.05) is 30.7 Å². The average molecular weight is 733 g/mol. The molecule has 4 aromatic rings. The fraction of sp³-hybridized carbons (Fsp3) is 0.422. The number of carbonyl (C=O) groups excluding carboxylic acids is 2. The van der Waals surface area contributed by atoms with Crippen LogP contribution >= 0.6 is 0 Å². The van der Waals surface area contributed by atoms with Gasteiger partial charge in [-0.05, 0) is 90.9 Å². The number of hydrogen-bond donors (Lipinski definition) is 4. The second kappa shape index (κ2) is 20.2. The highest BCUT2D eigenvalue weighted by Crippen LogP contribution is 2.39. The molecule has 0 bridgehead atoms. The van der Waals surface area contributed by atoms with E-state index in [-0.39, 0.29) is 30.6 Å². The van der Waals surface area contributed by atoms with Gasteiger partial charge in [0, 0.05) is 37.9 Å². The van der Waals surface area contributed by atoms with Crippen molar-refractivity contribution in [3.05, 3.63) is 119 Å². The Morgan fingerprint density at radius 3 is 2.19 bits per heavy atom. The Balaban J connectivity index is 1.03. The summed E-state index contributed by atoms with van der Waals surface area (Å²) in [6.07, 6.45) is 9.60. The van der Waals surface area contributed by atoms with Crippen molar-refractivity contribution in [2.24, 2.45) is 0 Å². The quantitative estimate of drug-likeness (QED) is 0.0714. The molecule has 0 unspecified atom stereocenters. The summed E-state index contributed by atoms with van der Waals surface area (Å²) in [4.78, 5) is 27.5. The van der Waals surface area contributed by atoms with Gasteiger partial charge in [0.05, 0.1) is 30.2 Å². The van der Waals surface area contributed by atoms with E-state index in [1.54, 1.807) is 12.1 Å². The fourth-order valence-corrected chi connectivity index (χ4v) is 7.40. The number of ether oxygens (including phenoxy) is 2. The summed E-state index contributed by atoms with van der Waals surface area (Å²) in [5.74, 6) is -0.0695. The molecule has 2 amide bonds. The van der Waals surface area contributed by atoms with Crippen LogP contribution in [0.1, 0.15) is 105 Å². The van der Waals surface area contributed by atoms with Gasteiger partial charge in [-0.15, -0.1) is 0 Å². The Bertz CT molecular complexity index is 1790. The minimum atomic E-state index is -0.513. The van der Waals surface area contributed by atoms with E-state index in [4.69, 9.17) is 15.2 Å². The number of likely N-dealkylation sites (tertiary alicyclic amines) is 1. The number of carbonyl (C=O) groups is 2. The van der Waals surface area contributed by atoms with E-state index in [9.17, 15) is 14.7 Å². The molecular formula is C45H56N4O5. The predicted octanol–water partition coefficient (Wildman–Crippen LogP) is 8.45. The predicted molar refractivity (Wildman–Crippen MR) is 214 cm³/mol. The lowest BCUT2D eigenvalue weighted by Crippen LogP contribution is -2.40. The van der Waals surface area contributed by atoms with Crippen LogP contribution in [-0.4, -0.2) is 47.6 Å². The van der Waals surface area contributed by atoms with Crippen LogP contribution in [-0.2, 0) is 32.2 Å². The highest BCUT2D eigenvalue weighted by atomic mass is 16.7. The van der Waals surface area contributed by atoms with Gasteiger partial charge in [-0.1, -0.05) is 98.5 Å². The largest absolute Gasteiger partial charge is 0.397 e. The summed E-state index contributed by atoms with van der Waals surface area (Å²) >= 11 is 0. The van der Waals surface area contributed by atoms with Gasteiger partial charge in [-0.3, -0.25) is 9.59 Å². The van der Waals surface area contributed by atoms with Crippen molar-refractivity contribution in [3.63, 3.8) is 0 Å². The van der Waals surface area contributed by atoms with Crippen molar-refractivity contribution >= 4 is 23.2 Å². The number of para-hydroxylation sites is 2. The number of rotatable bonds is 15. The third-order valence-electron chi connectivity index (χ3n) is 10.5. The van der Waals surface area contributed by atoms with Crippen molar-refractivity contribution < 1.29 is 24.2 Å². The number of aliphatic hydroxyl groups is 1. The summed E-state index contributed by atoms with van der Waals surface area (Å²) in [6, 6.07) is 31.9. The lowest BCUT2D eigenvalue weighted by Gasteiger charge is -2.39. The Labute approximate surface area is 320 Å². The third kappa shape index (κ3) is 11.7. The minimum Gasteiger partial charge on any atom is -0.397 e. The summed E-state index contributed by atoms with van der Waals surface area (Å²) in [5, 5.41) is 15.5. The zero-order valence-electron chi connectivity index (χ0n) is 31.4. The summed E-state index contributed by atoms with van der Waals surface area (Å²) in [5.41, 5.74) is 13.2. The average Bonchev–Trinajstić information content (AvgIpc) is 3.19. The van der Waals surface area contributed by atoms with Gasteiger partial charge in [0.2, 0.25) is 11.8 Å². The van der Waals surface area contributed by atoms with Gasteiger partial charge in [-0.2, -0.15) is 0 Å². The van der Waals surface area contributed by atoms with E-state index in [0.29, 0.717) is 37.2 Å². The van der Waals surface area contributed by atoms with Crippen LogP contribution in [0.4, 0.5) is 11.4 Å². The van der Waals surface area contributed by atoms with Gasteiger partial charge in [0.15, 0.2) is 6.29 Å². The van der Waals surface area contributed by atoms with E-state index < -0.39 is 6.29 Å². The summed E-state index contributed by atoms with van der Waals surface area (Å²) < 4.78 is 13.4. The molecule has 2 fully saturated rings. The second-order valence-corrected chi connectivity index (χ2v) is 14.7. The maximum Gasteiger partial charge on any atom is 0.224 e. The molecule has 5 N–H and O–H groups in total. The molecule has 9 nitrogen and oxygen atoms in total. The number of nitrogen functional groups attached to an aromatic ring is 1. The maximum absolute atomic E-state index is 12.7. The summed E-state index contributed by atoms with van der Waals surface area (Å²) in [7, 11) is 0. The smallest absolute Gasteiger partial charge is 0.224 e. The topological polar surface area (TPSA) is 126 Å². The molecule has 54 heavy (non-hydrogen) atoms. The Kier molecular flexibility index (Phi) is 14.7. The molecule has 4 aromatic carbocycles. The zero-order chi connectivity index (χ0) is 37.5. The highest BCUT2D eigenvalue weighted by Gasteiger charge is 2.33. The molecule has 9 heteroatoms. The monoisotopic (exact) mass is 732 g/mol. The number of nitrogens with zero attached hydrogens (tertiary/aromatic N) is 1. The number of aliphatic hydroxyl groups excluding tert-OH is 1. The zero-order valence-corrected chi connectivity index (χ0v) is 31.4. The Morgan fingerprint density at radius 1 is 0.722 bits per heavy atom. The van der Waals surface area contributed by atoms with Crippen LogP contribution in [0.3, 0.4) is 0 Å². The molecule has 3 atom stereocenters. The number of nitrogens with two attached hydrogens (primary N) is 1. The van der Waals surface area contributed by atoms with Crippen LogP contribution in [0.15, 0.2) is 97.1 Å². The van der Waals surface area contributed by atoms with Crippen LogP contribution < -0.4 is 16.4 Å². The van der Waals surface area contributed by atoms with E-state index in [0.717, 1.165) is 72.3 Å². The molecule has 0 aliphatic carbocycles. The van der Waals surface area contributed by atoms with Crippen LogP contribution in [0.25, 0.3) is 11.1 Å². The number of amides is 2. The Morgan fingerprint density at radius 2 is 1.43 bits per heavy atom. The molecule has 0 spiro atoms. The van der Waals surface area contributed by atoms with Crippen molar-refractivity contribution in [1.82, 2.24) is 10.2 Å². The normalized spacial score (nSPS) is 19.4. The molecule has 2 aliphatic heterocycles. The molecule has 2 heterocycles. The first-order valence-electron chi connectivity index (χ1n) is 19.8. The maximum atomic E-state index is 12.7. The minimum absolute atomic E-state index is 0.00125. The van der Waals surface area contributed by atoms with E-state index in [1.165, 1.54) is 32.1 Å². The molecule has 6 rings (SSSR count). The SMILES string of the molecule is Nc1ccccc1NC(=O)CCCCCC(=O)NCc1cccc(-c2cccc([C@H]3O[C@@H](CN4CCCCCCC4)C[C@@H](c4ccc(CO)cc4)O3)c2)c1. The van der Waals surface area contributed by atoms with Gasteiger partial charge >= 0.3 is 0 Å².